The molecule has 0 spiro atoms. The summed E-state index contributed by atoms with van der Waals surface area (Å²) in [4.78, 5) is 17.5. The van der Waals surface area contributed by atoms with Crippen LogP contribution in [0, 0.1) is 6.92 Å². The van der Waals surface area contributed by atoms with Crippen molar-refractivity contribution < 1.29 is 19.0 Å². The van der Waals surface area contributed by atoms with Crippen molar-refractivity contribution in [1.29, 1.82) is 0 Å². The lowest BCUT2D eigenvalue weighted by Crippen LogP contribution is -2.16. The lowest BCUT2D eigenvalue weighted by molar-refractivity contribution is 0.0663. The third-order valence-electron chi connectivity index (χ3n) is 4.94. The first-order valence-electron chi connectivity index (χ1n) is 11.4. The van der Waals surface area contributed by atoms with Crippen LogP contribution in [0.15, 0.2) is 60.7 Å². The molecule has 0 aliphatic rings. The number of carbonyl (C=O) groups is 1. The quantitative estimate of drug-likeness (QED) is 0.379. The molecule has 3 rings (SSSR count). The Morgan fingerprint density at radius 1 is 1.00 bits per heavy atom. The van der Waals surface area contributed by atoms with Crippen molar-refractivity contribution in [1.82, 2.24) is 4.98 Å². The van der Waals surface area contributed by atoms with Gasteiger partial charge >= 0.3 is 0 Å². The summed E-state index contributed by atoms with van der Waals surface area (Å²) in [7, 11) is 0. The lowest BCUT2D eigenvalue weighted by Gasteiger charge is -2.14. The van der Waals surface area contributed by atoms with E-state index in [0.717, 1.165) is 24.5 Å². The molecule has 0 bridgehead atoms. The van der Waals surface area contributed by atoms with Gasteiger partial charge in [-0.1, -0.05) is 19.1 Å². The maximum absolute atomic E-state index is 12.9. The van der Waals surface area contributed by atoms with E-state index < -0.39 is 0 Å². The number of nitrogens with one attached hydrogen (secondary N) is 1. The van der Waals surface area contributed by atoms with E-state index in [0.29, 0.717) is 41.5 Å². The van der Waals surface area contributed by atoms with E-state index in [9.17, 15) is 4.79 Å². The van der Waals surface area contributed by atoms with Crippen LogP contribution in [0.1, 0.15) is 48.9 Å². The number of ether oxygens (including phenoxy) is 3. The molecule has 0 fully saturated rings. The maximum atomic E-state index is 12.9. The van der Waals surface area contributed by atoms with E-state index in [1.165, 1.54) is 0 Å². The summed E-state index contributed by atoms with van der Waals surface area (Å²) >= 11 is 0. The van der Waals surface area contributed by atoms with Crippen LogP contribution in [-0.4, -0.2) is 30.2 Å². The summed E-state index contributed by atoms with van der Waals surface area (Å²) in [6.07, 6.45) is 1.79. The van der Waals surface area contributed by atoms with Crippen molar-refractivity contribution in [2.24, 2.45) is 0 Å². The van der Waals surface area contributed by atoms with Gasteiger partial charge in [0.05, 0.1) is 24.0 Å². The smallest absolute Gasteiger partial charge is 0.257 e. The Bertz CT molecular complexity index is 1070. The largest absolute Gasteiger partial charge is 0.494 e. The number of carbonyl (C=O) groups excluding carboxylic acids is 1. The zero-order valence-corrected chi connectivity index (χ0v) is 19.8. The molecule has 1 N–H and O–H groups in total. The molecule has 1 unspecified atom stereocenters. The van der Waals surface area contributed by atoms with Crippen molar-refractivity contribution in [2.45, 2.75) is 46.6 Å². The van der Waals surface area contributed by atoms with Crippen LogP contribution < -0.4 is 14.8 Å². The van der Waals surface area contributed by atoms with Crippen LogP contribution >= 0.6 is 0 Å². The fourth-order valence-corrected chi connectivity index (χ4v) is 3.41. The minimum atomic E-state index is -0.211. The number of benzene rings is 2. The second kappa shape index (κ2) is 12.0. The van der Waals surface area contributed by atoms with Crippen molar-refractivity contribution in [3.63, 3.8) is 0 Å². The van der Waals surface area contributed by atoms with Gasteiger partial charge in [-0.2, -0.15) is 0 Å². The second-order valence-corrected chi connectivity index (χ2v) is 7.81. The average molecular weight is 449 g/mol. The van der Waals surface area contributed by atoms with Crippen LogP contribution in [-0.2, 0) is 11.2 Å². The minimum Gasteiger partial charge on any atom is -0.494 e. The molecule has 33 heavy (non-hydrogen) atoms. The summed E-state index contributed by atoms with van der Waals surface area (Å²) < 4.78 is 17.2. The first-order chi connectivity index (χ1) is 16.0. The van der Waals surface area contributed by atoms with E-state index in [-0.39, 0.29) is 12.0 Å². The monoisotopic (exact) mass is 448 g/mol. The molecule has 174 valence electrons. The topological polar surface area (TPSA) is 69.7 Å². The summed E-state index contributed by atoms with van der Waals surface area (Å²) in [5.74, 6) is 1.82. The molecule has 0 saturated heterocycles. The zero-order valence-electron chi connectivity index (χ0n) is 19.8. The fourth-order valence-electron chi connectivity index (χ4n) is 3.41. The lowest BCUT2D eigenvalue weighted by atomic mass is 10.1. The maximum Gasteiger partial charge on any atom is 0.257 e. The number of amides is 1. The molecule has 6 heteroatoms. The molecule has 1 heterocycles. The van der Waals surface area contributed by atoms with Crippen LogP contribution in [0.4, 0.5) is 5.69 Å². The molecule has 6 nitrogen and oxygen atoms in total. The van der Waals surface area contributed by atoms with Crippen molar-refractivity contribution in [2.75, 3.05) is 18.5 Å². The first-order valence-corrected chi connectivity index (χ1v) is 11.4. The molecule has 3 aromatic rings. The van der Waals surface area contributed by atoms with Gasteiger partial charge in [-0.25, -0.2) is 0 Å². The standard InChI is InChI=1S/C27H32N2O4/c1-5-15-32-19(3)16-22-13-14-26(20(4)28-22)27(30)29-21-9-7-11-24(17-21)33-25-12-8-10-23(18-25)31-6-2/h7-14,17-19H,5-6,15-16H2,1-4H3,(H,29,30). The summed E-state index contributed by atoms with van der Waals surface area (Å²) in [6, 6.07) is 18.4. The number of hydrogen-bond acceptors (Lipinski definition) is 5. The average Bonchev–Trinajstić information content (AvgIpc) is 2.78. The summed E-state index contributed by atoms with van der Waals surface area (Å²) in [5, 5.41) is 2.94. The van der Waals surface area contributed by atoms with Gasteiger partial charge in [-0.05, 0) is 63.6 Å². The number of pyridine rings is 1. The molecule has 1 aromatic heterocycles. The van der Waals surface area contributed by atoms with Gasteiger partial charge in [0, 0.05) is 36.5 Å². The molecule has 1 atom stereocenters. The highest BCUT2D eigenvalue weighted by atomic mass is 16.5. The fraction of sp³-hybridized carbons (Fsp3) is 0.333. The minimum absolute atomic E-state index is 0.0912. The van der Waals surface area contributed by atoms with Gasteiger partial charge in [-0.3, -0.25) is 9.78 Å². The summed E-state index contributed by atoms with van der Waals surface area (Å²) in [5.41, 5.74) is 2.78. The van der Waals surface area contributed by atoms with E-state index in [2.05, 4.69) is 17.2 Å². The number of aromatic nitrogens is 1. The van der Waals surface area contributed by atoms with Gasteiger partial charge in [0.2, 0.25) is 0 Å². The van der Waals surface area contributed by atoms with Gasteiger partial charge in [-0.15, -0.1) is 0 Å². The van der Waals surface area contributed by atoms with Crippen LogP contribution in [0.2, 0.25) is 0 Å². The molecule has 2 aromatic carbocycles. The summed E-state index contributed by atoms with van der Waals surface area (Å²) in [6.45, 7) is 9.24. The van der Waals surface area contributed by atoms with E-state index in [4.69, 9.17) is 14.2 Å². The number of rotatable bonds is 11. The molecular formula is C27H32N2O4. The Labute approximate surface area is 195 Å². The Hall–Kier alpha value is -3.38. The van der Waals surface area contributed by atoms with Gasteiger partial charge in [0.15, 0.2) is 0 Å². The molecule has 1 amide bonds. The number of hydrogen-bond donors (Lipinski definition) is 1. The van der Waals surface area contributed by atoms with E-state index >= 15 is 0 Å². The van der Waals surface area contributed by atoms with Crippen molar-refractivity contribution >= 4 is 11.6 Å². The highest BCUT2D eigenvalue weighted by molar-refractivity contribution is 6.05. The third kappa shape index (κ3) is 7.32. The van der Waals surface area contributed by atoms with Gasteiger partial charge in [0.1, 0.15) is 17.2 Å². The molecule has 0 saturated carbocycles. The second-order valence-electron chi connectivity index (χ2n) is 7.81. The van der Waals surface area contributed by atoms with E-state index in [1.54, 1.807) is 6.07 Å². The number of aryl methyl sites for hydroxylation is 1. The SMILES string of the molecule is CCCOC(C)Cc1ccc(C(=O)Nc2cccc(Oc3cccc(OCC)c3)c2)c(C)n1. The van der Waals surface area contributed by atoms with Crippen LogP contribution in [0.3, 0.4) is 0 Å². The molecule has 0 radical (unpaired) electrons. The highest BCUT2D eigenvalue weighted by Crippen LogP contribution is 2.27. The number of nitrogens with zero attached hydrogens (tertiary/aromatic N) is 1. The molecular weight excluding hydrogens is 416 g/mol. The highest BCUT2D eigenvalue weighted by Gasteiger charge is 2.13. The third-order valence-corrected chi connectivity index (χ3v) is 4.94. The Morgan fingerprint density at radius 2 is 1.73 bits per heavy atom. The van der Waals surface area contributed by atoms with Gasteiger partial charge in [0.25, 0.3) is 5.91 Å². The zero-order chi connectivity index (χ0) is 23.6. The predicted octanol–water partition coefficient (Wildman–Crippen LogP) is 6.19. The van der Waals surface area contributed by atoms with Crippen molar-refractivity contribution in [3.8, 4) is 17.2 Å². The Kier molecular flexibility index (Phi) is 8.84. The van der Waals surface area contributed by atoms with Crippen molar-refractivity contribution in [3.05, 3.63) is 77.6 Å². The van der Waals surface area contributed by atoms with Crippen LogP contribution in [0.5, 0.6) is 17.2 Å². The first kappa shape index (κ1) is 24.3. The van der Waals surface area contributed by atoms with E-state index in [1.807, 2.05) is 75.4 Å². The molecule has 0 aliphatic heterocycles. The normalized spacial score (nSPS) is 11.6. The van der Waals surface area contributed by atoms with Gasteiger partial charge < -0.3 is 19.5 Å². The molecule has 0 aliphatic carbocycles. The predicted molar refractivity (Wildman–Crippen MR) is 130 cm³/mol. The Morgan fingerprint density at radius 3 is 2.45 bits per heavy atom. The Balaban J connectivity index is 1.65. The number of anilines is 1. The van der Waals surface area contributed by atoms with Crippen LogP contribution in [0.25, 0.3) is 0 Å².